The minimum Gasteiger partial charge on any atom is -0.378 e. The molecule has 0 aliphatic heterocycles. The molecule has 1 saturated carbocycles. The van der Waals surface area contributed by atoms with Crippen molar-refractivity contribution < 1.29 is 4.74 Å². The molecule has 19 heavy (non-hydrogen) atoms. The monoisotopic (exact) mass is 259 g/mol. The number of nitrogens with two attached hydrogens (primary N) is 1. The number of benzene rings is 1. The summed E-state index contributed by atoms with van der Waals surface area (Å²) in [5, 5.41) is 0. The Kier molecular flexibility index (Phi) is 4.19. The zero-order valence-electron chi connectivity index (χ0n) is 11.7. The molecule has 2 aliphatic rings. The molecule has 1 aromatic carbocycles. The Labute approximate surface area is 116 Å². The van der Waals surface area contributed by atoms with Crippen LogP contribution in [0.4, 0.5) is 0 Å². The van der Waals surface area contributed by atoms with E-state index in [1.165, 1.54) is 30.4 Å². The summed E-state index contributed by atoms with van der Waals surface area (Å²) in [5.74, 6) is 0.612. The molecule has 0 radical (unpaired) electrons. The molecule has 1 aromatic rings. The molecule has 3 rings (SSSR count). The van der Waals surface area contributed by atoms with Crippen LogP contribution in [0.5, 0.6) is 0 Å². The summed E-state index contributed by atoms with van der Waals surface area (Å²) < 4.78 is 6.17. The molecule has 1 atom stereocenters. The van der Waals surface area contributed by atoms with Crippen molar-refractivity contribution in [3.8, 4) is 0 Å². The van der Waals surface area contributed by atoms with Crippen LogP contribution in [0.2, 0.25) is 0 Å². The van der Waals surface area contributed by atoms with Crippen LogP contribution in [-0.2, 0) is 11.2 Å². The lowest BCUT2D eigenvalue weighted by atomic mass is 9.83. The van der Waals surface area contributed by atoms with Gasteiger partial charge >= 0.3 is 0 Å². The van der Waals surface area contributed by atoms with Crippen LogP contribution in [0.1, 0.15) is 55.6 Å². The first-order valence-corrected chi connectivity index (χ1v) is 7.78. The first kappa shape index (κ1) is 13.1. The second kappa shape index (κ2) is 6.06. The van der Waals surface area contributed by atoms with Gasteiger partial charge in [-0.2, -0.15) is 0 Å². The third-order valence-electron chi connectivity index (χ3n) is 4.75. The second-order valence-electron chi connectivity index (χ2n) is 6.16. The summed E-state index contributed by atoms with van der Waals surface area (Å²) in [5.41, 5.74) is 9.01. The normalized spacial score (nSPS) is 30.9. The highest BCUT2D eigenvalue weighted by atomic mass is 16.5. The molecule has 2 nitrogen and oxygen atoms in total. The van der Waals surface area contributed by atoms with Crippen LogP contribution in [0.3, 0.4) is 0 Å². The quantitative estimate of drug-likeness (QED) is 0.903. The molecular weight excluding hydrogens is 234 g/mol. The van der Waals surface area contributed by atoms with E-state index in [0.29, 0.717) is 18.1 Å². The molecule has 0 bridgehead atoms. The number of rotatable bonds is 3. The summed E-state index contributed by atoms with van der Waals surface area (Å²) in [6.45, 7) is 0.900. The SMILES string of the molecule is NC1CCC(OCC2CCCc3ccccc32)CC1. The third kappa shape index (κ3) is 3.18. The fraction of sp³-hybridized carbons (Fsp3) is 0.647. The number of aryl methyl sites for hydroxylation is 1. The van der Waals surface area contributed by atoms with Crippen LogP contribution in [0.15, 0.2) is 24.3 Å². The van der Waals surface area contributed by atoms with Gasteiger partial charge in [-0.05, 0) is 56.1 Å². The Morgan fingerprint density at radius 2 is 1.84 bits per heavy atom. The highest BCUT2D eigenvalue weighted by molar-refractivity contribution is 5.32. The predicted octanol–water partition coefficient (Wildman–Crippen LogP) is 3.39. The van der Waals surface area contributed by atoms with Crippen molar-refractivity contribution in [3.63, 3.8) is 0 Å². The smallest absolute Gasteiger partial charge is 0.0576 e. The summed E-state index contributed by atoms with van der Waals surface area (Å²) in [6, 6.07) is 9.30. The van der Waals surface area contributed by atoms with Crippen LogP contribution in [0.25, 0.3) is 0 Å². The Bertz CT molecular complexity index is 409. The fourth-order valence-electron chi connectivity index (χ4n) is 3.54. The van der Waals surface area contributed by atoms with Crippen molar-refractivity contribution in [3.05, 3.63) is 35.4 Å². The lowest BCUT2D eigenvalue weighted by molar-refractivity contribution is 0.0149. The zero-order chi connectivity index (χ0) is 13.1. The van der Waals surface area contributed by atoms with E-state index in [4.69, 9.17) is 10.5 Å². The van der Waals surface area contributed by atoms with Crippen molar-refractivity contribution in [2.45, 2.75) is 63.0 Å². The fourth-order valence-corrected chi connectivity index (χ4v) is 3.54. The molecule has 0 aromatic heterocycles. The van der Waals surface area contributed by atoms with E-state index in [2.05, 4.69) is 24.3 Å². The zero-order valence-corrected chi connectivity index (χ0v) is 11.7. The van der Waals surface area contributed by atoms with Gasteiger partial charge in [0.15, 0.2) is 0 Å². The first-order chi connectivity index (χ1) is 9.33. The van der Waals surface area contributed by atoms with Gasteiger partial charge in [-0.15, -0.1) is 0 Å². The van der Waals surface area contributed by atoms with E-state index in [1.54, 1.807) is 0 Å². The van der Waals surface area contributed by atoms with Crippen LogP contribution in [0, 0.1) is 0 Å². The highest BCUT2D eigenvalue weighted by Gasteiger charge is 2.23. The Morgan fingerprint density at radius 1 is 1.05 bits per heavy atom. The number of ether oxygens (including phenoxy) is 1. The van der Waals surface area contributed by atoms with Gasteiger partial charge in [-0.1, -0.05) is 24.3 Å². The van der Waals surface area contributed by atoms with E-state index in [-0.39, 0.29) is 0 Å². The topological polar surface area (TPSA) is 35.2 Å². The summed E-state index contributed by atoms with van der Waals surface area (Å²) in [7, 11) is 0. The van der Waals surface area contributed by atoms with Crippen LogP contribution < -0.4 is 5.73 Å². The maximum absolute atomic E-state index is 6.17. The van der Waals surface area contributed by atoms with E-state index in [9.17, 15) is 0 Å². The van der Waals surface area contributed by atoms with Crippen LogP contribution >= 0.6 is 0 Å². The lowest BCUT2D eigenvalue weighted by Gasteiger charge is -2.30. The van der Waals surface area contributed by atoms with Crippen molar-refractivity contribution in [2.24, 2.45) is 5.73 Å². The molecule has 104 valence electrons. The van der Waals surface area contributed by atoms with E-state index < -0.39 is 0 Å². The van der Waals surface area contributed by atoms with Gasteiger partial charge in [-0.25, -0.2) is 0 Å². The Balaban J connectivity index is 1.56. The molecule has 2 N–H and O–H groups in total. The summed E-state index contributed by atoms with van der Waals surface area (Å²) in [4.78, 5) is 0. The number of hydrogen-bond acceptors (Lipinski definition) is 2. The molecule has 2 aliphatic carbocycles. The average molecular weight is 259 g/mol. The first-order valence-electron chi connectivity index (χ1n) is 7.78. The molecule has 0 heterocycles. The Morgan fingerprint density at radius 3 is 2.68 bits per heavy atom. The van der Waals surface area contributed by atoms with Gasteiger partial charge in [-0.3, -0.25) is 0 Å². The number of hydrogen-bond donors (Lipinski definition) is 1. The average Bonchev–Trinajstić information content (AvgIpc) is 2.47. The van der Waals surface area contributed by atoms with Crippen molar-refractivity contribution in [1.82, 2.24) is 0 Å². The maximum Gasteiger partial charge on any atom is 0.0576 e. The van der Waals surface area contributed by atoms with E-state index in [0.717, 1.165) is 32.3 Å². The van der Waals surface area contributed by atoms with Gasteiger partial charge in [0.2, 0.25) is 0 Å². The molecular formula is C17H25NO. The van der Waals surface area contributed by atoms with Gasteiger partial charge in [0, 0.05) is 12.0 Å². The Hall–Kier alpha value is -0.860. The van der Waals surface area contributed by atoms with Gasteiger partial charge in [0.05, 0.1) is 12.7 Å². The van der Waals surface area contributed by atoms with Gasteiger partial charge < -0.3 is 10.5 Å². The van der Waals surface area contributed by atoms with Crippen molar-refractivity contribution in [2.75, 3.05) is 6.61 Å². The lowest BCUT2D eigenvalue weighted by Crippen LogP contribution is -2.31. The minimum absolute atomic E-state index is 0.412. The van der Waals surface area contributed by atoms with Gasteiger partial charge in [0.25, 0.3) is 0 Å². The second-order valence-corrected chi connectivity index (χ2v) is 6.16. The molecule has 2 heteroatoms. The number of fused-ring (bicyclic) bond motifs is 1. The molecule has 0 amide bonds. The van der Waals surface area contributed by atoms with Crippen molar-refractivity contribution in [1.29, 1.82) is 0 Å². The minimum atomic E-state index is 0.412. The molecule has 0 saturated heterocycles. The van der Waals surface area contributed by atoms with Crippen molar-refractivity contribution >= 4 is 0 Å². The molecule has 0 spiro atoms. The maximum atomic E-state index is 6.17. The predicted molar refractivity (Wildman–Crippen MR) is 78.3 cm³/mol. The van der Waals surface area contributed by atoms with E-state index in [1.807, 2.05) is 0 Å². The van der Waals surface area contributed by atoms with Gasteiger partial charge in [0.1, 0.15) is 0 Å². The largest absolute Gasteiger partial charge is 0.378 e. The molecule has 1 unspecified atom stereocenters. The summed E-state index contributed by atoms with van der Waals surface area (Å²) >= 11 is 0. The van der Waals surface area contributed by atoms with E-state index >= 15 is 0 Å². The van der Waals surface area contributed by atoms with Crippen LogP contribution in [-0.4, -0.2) is 18.8 Å². The summed E-state index contributed by atoms with van der Waals surface area (Å²) in [6.07, 6.45) is 8.84. The standard InChI is InChI=1S/C17H25NO/c18-15-8-10-16(11-9-15)19-12-14-6-3-5-13-4-1-2-7-17(13)14/h1-2,4,7,14-16H,3,5-6,8-12,18H2. The molecule has 1 fully saturated rings. The highest BCUT2D eigenvalue weighted by Crippen LogP contribution is 2.32. The third-order valence-corrected chi connectivity index (χ3v) is 4.75.